The Morgan fingerprint density at radius 1 is 0.774 bits per heavy atom. The van der Waals surface area contributed by atoms with Crippen LogP contribution < -0.4 is 0 Å². The fourth-order valence-electron chi connectivity index (χ4n) is 4.61. The molecule has 3 aliphatic rings. The van der Waals surface area contributed by atoms with Crippen molar-refractivity contribution in [2.75, 3.05) is 6.61 Å². The molecule has 2 aliphatic heterocycles. The summed E-state index contributed by atoms with van der Waals surface area (Å²) < 4.78 is 30.9. The molecule has 0 unspecified atom stereocenters. The lowest BCUT2D eigenvalue weighted by molar-refractivity contribution is -0.226. The van der Waals surface area contributed by atoms with Crippen LogP contribution in [-0.4, -0.2) is 43.4 Å². The smallest absolute Gasteiger partial charge is 0.187 e. The summed E-state index contributed by atoms with van der Waals surface area (Å²) in [5.74, 6) is 0. The number of benzene rings is 2. The van der Waals surface area contributed by atoms with Crippen LogP contribution in [0.2, 0.25) is 0 Å². The number of hydrogen-bond donors (Lipinski definition) is 0. The Kier molecular flexibility index (Phi) is 6.97. The van der Waals surface area contributed by atoms with Crippen molar-refractivity contribution in [3.05, 3.63) is 71.8 Å². The van der Waals surface area contributed by atoms with Gasteiger partial charge in [0.25, 0.3) is 0 Å². The zero-order valence-corrected chi connectivity index (χ0v) is 17.9. The lowest BCUT2D eigenvalue weighted by Crippen LogP contribution is -2.39. The standard InChI is InChI=1S/C26H32O5/c1-4-10-19(11-5-1)16-27-18-22(28-17-20-12-6-2-7-13-20)23-24-25(30-24)26(31-23)29-21-14-8-3-9-15-21/h1-2,4-7,10-13,21-26H,3,8-9,14-18H2/t22-,23+,24-,25-,26+/m1/s1. The predicted molar refractivity (Wildman–Crippen MR) is 116 cm³/mol. The van der Waals surface area contributed by atoms with Crippen LogP contribution in [0.5, 0.6) is 0 Å². The van der Waals surface area contributed by atoms with Crippen LogP contribution in [0.25, 0.3) is 0 Å². The van der Waals surface area contributed by atoms with E-state index in [1.54, 1.807) is 0 Å². The molecule has 1 aliphatic carbocycles. The predicted octanol–water partition coefficient (Wildman–Crippen LogP) is 4.63. The van der Waals surface area contributed by atoms with Crippen LogP contribution in [0.1, 0.15) is 43.2 Å². The molecular weight excluding hydrogens is 392 g/mol. The topological polar surface area (TPSA) is 49.5 Å². The molecule has 2 heterocycles. The summed E-state index contributed by atoms with van der Waals surface area (Å²) in [5, 5.41) is 0. The maximum Gasteiger partial charge on any atom is 0.187 e. The van der Waals surface area contributed by atoms with Crippen molar-refractivity contribution in [1.82, 2.24) is 0 Å². The Hall–Kier alpha value is -1.76. The van der Waals surface area contributed by atoms with Crippen LogP contribution in [0, 0.1) is 0 Å². The molecule has 166 valence electrons. The van der Waals surface area contributed by atoms with Crippen LogP contribution >= 0.6 is 0 Å². The van der Waals surface area contributed by atoms with Crippen molar-refractivity contribution in [3.8, 4) is 0 Å². The van der Waals surface area contributed by atoms with E-state index in [0.717, 1.165) is 24.0 Å². The van der Waals surface area contributed by atoms with Crippen LogP contribution in [0.4, 0.5) is 0 Å². The zero-order valence-electron chi connectivity index (χ0n) is 17.9. The Morgan fingerprint density at radius 3 is 2.16 bits per heavy atom. The van der Waals surface area contributed by atoms with Gasteiger partial charge in [-0.1, -0.05) is 79.9 Å². The highest BCUT2D eigenvalue weighted by molar-refractivity contribution is 5.14. The normalized spacial score (nSPS) is 28.9. The minimum Gasteiger partial charge on any atom is -0.374 e. The molecule has 2 aromatic carbocycles. The second-order valence-corrected chi connectivity index (χ2v) is 8.77. The van der Waals surface area contributed by atoms with Gasteiger partial charge in [-0.2, -0.15) is 0 Å². The SMILES string of the molecule is c1ccc(COC[C@@H](OCc2ccccc2)[C@@H]2O[C@H](OC3CCCCC3)[C@@H]3O[C@H]23)cc1. The third-order valence-corrected chi connectivity index (χ3v) is 6.39. The zero-order chi connectivity index (χ0) is 20.9. The molecular formula is C26H32O5. The lowest BCUT2D eigenvalue weighted by Gasteiger charge is -2.29. The van der Waals surface area contributed by atoms with Crippen molar-refractivity contribution in [2.24, 2.45) is 0 Å². The van der Waals surface area contributed by atoms with Gasteiger partial charge >= 0.3 is 0 Å². The Balaban J connectivity index is 1.19. The molecule has 5 rings (SSSR count). The van der Waals surface area contributed by atoms with Gasteiger partial charge in [0.2, 0.25) is 0 Å². The average Bonchev–Trinajstić information content (AvgIpc) is 3.55. The molecule has 0 spiro atoms. The molecule has 5 atom stereocenters. The second kappa shape index (κ2) is 10.2. The van der Waals surface area contributed by atoms with Gasteiger partial charge in [-0.15, -0.1) is 0 Å². The van der Waals surface area contributed by atoms with Gasteiger partial charge in [0.15, 0.2) is 6.29 Å². The second-order valence-electron chi connectivity index (χ2n) is 8.77. The summed E-state index contributed by atoms with van der Waals surface area (Å²) in [6.07, 6.45) is 5.74. The molecule has 0 amide bonds. The first-order valence-electron chi connectivity index (χ1n) is 11.6. The maximum atomic E-state index is 6.33. The van der Waals surface area contributed by atoms with E-state index in [0.29, 0.717) is 25.9 Å². The van der Waals surface area contributed by atoms with Gasteiger partial charge < -0.3 is 23.7 Å². The van der Waals surface area contributed by atoms with Crippen LogP contribution in [0.15, 0.2) is 60.7 Å². The van der Waals surface area contributed by atoms with E-state index in [4.69, 9.17) is 23.7 Å². The number of ether oxygens (including phenoxy) is 5. The first-order chi connectivity index (χ1) is 15.4. The Bertz CT molecular complexity index is 792. The molecule has 1 saturated carbocycles. The monoisotopic (exact) mass is 424 g/mol. The summed E-state index contributed by atoms with van der Waals surface area (Å²) in [4.78, 5) is 0. The molecule has 2 saturated heterocycles. The number of rotatable bonds is 10. The number of hydrogen-bond acceptors (Lipinski definition) is 5. The number of epoxide rings is 1. The Labute approximate surface area is 184 Å². The van der Waals surface area contributed by atoms with Crippen molar-refractivity contribution >= 4 is 0 Å². The molecule has 0 radical (unpaired) electrons. The summed E-state index contributed by atoms with van der Waals surface area (Å²) in [5.41, 5.74) is 2.28. The quantitative estimate of drug-likeness (QED) is 0.521. The molecule has 2 aromatic rings. The summed E-state index contributed by atoms with van der Waals surface area (Å²) in [6.45, 7) is 1.52. The van der Waals surface area contributed by atoms with E-state index in [1.165, 1.54) is 19.3 Å². The highest BCUT2D eigenvalue weighted by atomic mass is 16.8. The van der Waals surface area contributed by atoms with E-state index < -0.39 is 0 Å². The molecule has 0 bridgehead atoms. The highest BCUT2D eigenvalue weighted by Crippen LogP contribution is 2.43. The van der Waals surface area contributed by atoms with Crippen molar-refractivity contribution in [2.45, 2.75) is 82.1 Å². The third kappa shape index (κ3) is 5.54. The van der Waals surface area contributed by atoms with Crippen molar-refractivity contribution in [1.29, 1.82) is 0 Å². The highest BCUT2D eigenvalue weighted by Gasteiger charge is 2.61. The lowest BCUT2D eigenvalue weighted by atomic mass is 9.98. The molecule has 0 N–H and O–H groups in total. The van der Waals surface area contributed by atoms with Crippen LogP contribution in [-0.2, 0) is 36.9 Å². The van der Waals surface area contributed by atoms with Crippen molar-refractivity contribution in [3.63, 3.8) is 0 Å². The van der Waals surface area contributed by atoms with Gasteiger partial charge in [0.05, 0.1) is 25.9 Å². The van der Waals surface area contributed by atoms with E-state index in [1.807, 2.05) is 36.4 Å². The van der Waals surface area contributed by atoms with Crippen molar-refractivity contribution < 1.29 is 23.7 Å². The van der Waals surface area contributed by atoms with Gasteiger partial charge in [0, 0.05) is 0 Å². The van der Waals surface area contributed by atoms with E-state index in [2.05, 4.69) is 24.3 Å². The molecule has 31 heavy (non-hydrogen) atoms. The van der Waals surface area contributed by atoms with Gasteiger partial charge in [-0.05, 0) is 24.0 Å². The summed E-state index contributed by atoms with van der Waals surface area (Å²) in [6, 6.07) is 20.4. The van der Waals surface area contributed by atoms with E-state index in [9.17, 15) is 0 Å². The molecule has 0 aromatic heterocycles. The summed E-state index contributed by atoms with van der Waals surface area (Å²) >= 11 is 0. The minimum absolute atomic E-state index is 0.0314. The fraction of sp³-hybridized carbons (Fsp3) is 0.538. The van der Waals surface area contributed by atoms with Crippen LogP contribution in [0.3, 0.4) is 0 Å². The maximum absolute atomic E-state index is 6.33. The fourth-order valence-corrected chi connectivity index (χ4v) is 4.61. The number of fused-ring (bicyclic) bond motifs is 1. The minimum atomic E-state index is -0.282. The summed E-state index contributed by atoms with van der Waals surface area (Å²) in [7, 11) is 0. The molecule has 5 heteroatoms. The van der Waals surface area contributed by atoms with Gasteiger partial charge in [-0.25, -0.2) is 0 Å². The average molecular weight is 425 g/mol. The van der Waals surface area contributed by atoms with E-state index in [-0.39, 0.29) is 30.7 Å². The third-order valence-electron chi connectivity index (χ3n) is 6.39. The van der Waals surface area contributed by atoms with Gasteiger partial charge in [0.1, 0.15) is 24.4 Å². The van der Waals surface area contributed by atoms with E-state index >= 15 is 0 Å². The Morgan fingerprint density at radius 2 is 1.45 bits per heavy atom. The molecule has 3 fully saturated rings. The van der Waals surface area contributed by atoms with Gasteiger partial charge in [-0.3, -0.25) is 0 Å². The first kappa shape index (κ1) is 21.1. The largest absolute Gasteiger partial charge is 0.374 e. The first-order valence-corrected chi connectivity index (χ1v) is 11.6. The molecule has 5 nitrogen and oxygen atoms in total.